The number of nitrogens with zero attached hydrogens (tertiary/aromatic N) is 1. The van der Waals surface area contributed by atoms with Crippen LogP contribution in [-0.4, -0.2) is 32.8 Å². The molecule has 0 radical (unpaired) electrons. The molecular formula is C18H19FN3O4S+. The fraction of sp³-hybridized carbons (Fsp3) is 0.222. The van der Waals surface area contributed by atoms with Crippen LogP contribution >= 0.6 is 0 Å². The van der Waals surface area contributed by atoms with Crippen molar-refractivity contribution in [1.82, 2.24) is 0 Å². The molecule has 0 saturated carbocycles. The number of anilines is 1. The predicted octanol–water partition coefficient (Wildman–Crippen LogP) is -0.0889. The molecule has 142 valence electrons. The lowest BCUT2D eigenvalue weighted by Gasteiger charge is -2.14. The van der Waals surface area contributed by atoms with Crippen molar-refractivity contribution in [2.45, 2.75) is 23.8 Å². The molecular weight excluding hydrogens is 373 g/mol. The van der Waals surface area contributed by atoms with Crippen LogP contribution in [0.15, 0.2) is 53.4 Å². The minimum absolute atomic E-state index is 0.0114. The van der Waals surface area contributed by atoms with E-state index < -0.39 is 33.7 Å². The highest BCUT2D eigenvalue weighted by molar-refractivity contribution is 7.89. The van der Waals surface area contributed by atoms with E-state index in [1.54, 1.807) is 23.5 Å². The number of carbonyl (C=O) groups is 2. The summed E-state index contributed by atoms with van der Waals surface area (Å²) in [4.78, 5) is 25.6. The van der Waals surface area contributed by atoms with Crippen LogP contribution in [0.2, 0.25) is 0 Å². The average Bonchev–Trinajstić information content (AvgIpc) is 2.89. The summed E-state index contributed by atoms with van der Waals surface area (Å²) in [5.41, 5.74) is 0.850. The fourth-order valence-electron chi connectivity index (χ4n) is 3.02. The number of rotatable bonds is 6. The van der Waals surface area contributed by atoms with Gasteiger partial charge in [-0.05, 0) is 29.8 Å². The number of carbonyl (C=O) groups excluding carboxylic acids is 2. The lowest BCUT2D eigenvalue weighted by molar-refractivity contribution is -0.674. The number of sulfonamides is 1. The molecule has 0 aliphatic carbocycles. The average molecular weight is 392 g/mol. The summed E-state index contributed by atoms with van der Waals surface area (Å²) in [7, 11) is -3.73. The number of para-hydroxylation sites is 1. The van der Waals surface area contributed by atoms with Crippen LogP contribution in [0.25, 0.3) is 0 Å². The maximum Gasteiger partial charge on any atom is 0.292 e. The highest BCUT2D eigenvalue weighted by Gasteiger charge is 2.42. The van der Waals surface area contributed by atoms with Gasteiger partial charge < -0.3 is 5.32 Å². The van der Waals surface area contributed by atoms with Gasteiger partial charge in [0, 0.05) is 6.42 Å². The SMILES string of the molecule is NS(=O)(=O)c1ccc(CC[NH2+]C2CC(=O)N(c3ccccc3F)C2=O)cc1. The molecule has 9 heteroatoms. The zero-order chi connectivity index (χ0) is 19.6. The number of hydrogen-bond acceptors (Lipinski definition) is 4. The molecule has 4 N–H and O–H groups in total. The summed E-state index contributed by atoms with van der Waals surface area (Å²) in [6.07, 6.45) is 0.583. The minimum Gasteiger partial charge on any atom is -0.335 e. The number of benzene rings is 2. The van der Waals surface area contributed by atoms with E-state index in [9.17, 15) is 22.4 Å². The van der Waals surface area contributed by atoms with Crippen LogP contribution in [0, 0.1) is 5.82 Å². The van der Waals surface area contributed by atoms with Crippen molar-refractivity contribution in [3.63, 3.8) is 0 Å². The van der Waals surface area contributed by atoms with Gasteiger partial charge in [0.05, 0.1) is 23.5 Å². The van der Waals surface area contributed by atoms with E-state index in [-0.39, 0.29) is 17.0 Å². The first-order valence-electron chi connectivity index (χ1n) is 8.34. The molecule has 7 nitrogen and oxygen atoms in total. The third-order valence-corrected chi connectivity index (χ3v) is 5.34. The van der Waals surface area contributed by atoms with E-state index in [0.717, 1.165) is 10.5 Å². The van der Waals surface area contributed by atoms with Crippen molar-refractivity contribution in [1.29, 1.82) is 0 Å². The van der Waals surface area contributed by atoms with E-state index in [0.29, 0.717) is 13.0 Å². The van der Waals surface area contributed by atoms with Gasteiger partial charge in [-0.15, -0.1) is 0 Å². The molecule has 3 rings (SSSR count). The minimum atomic E-state index is -3.73. The first-order valence-corrected chi connectivity index (χ1v) is 9.88. The summed E-state index contributed by atoms with van der Waals surface area (Å²) < 4.78 is 36.4. The Hall–Kier alpha value is -2.62. The number of amides is 2. The van der Waals surface area contributed by atoms with Crippen molar-refractivity contribution in [2.24, 2.45) is 5.14 Å². The second kappa shape index (κ2) is 7.55. The number of primary sulfonamides is 1. The van der Waals surface area contributed by atoms with Crippen molar-refractivity contribution in [3.05, 3.63) is 59.9 Å². The van der Waals surface area contributed by atoms with Gasteiger partial charge in [-0.1, -0.05) is 24.3 Å². The van der Waals surface area contributed by atoms with Crippen molar-refractivity contribution >= 4 is 27.5 Å². The van der Waals surface area contributed by atoms with Crippen molar-refractivity contribution in [2.75, 3.05) is 11.4 Å². The number of nitrogens with two attached hydrogens (primary N) is 2. The molecule has 2 amide bonds. The number of quaternary nitrogens is 1. The Balaban J connectivity index is 1.60. The van der Waals surface area contributed by atoms with Crippen LogP contribution in [0.5, 0.6) is 0 Å². The summed E-state index contributed by atoms with van der Waals surface area (Å²) in [5.74, 6) is -1.48. The molecule has 1 heterocycles. The standard InChI is InChI=1S/C18H18FN3O4S/c19-14-3-1-2-4-16(14)22-17(23)11-15(18(22)24)21-10-9-12-5-7-13(8-6-12)27(20,25)26/h1-8,15,21H,9-11H2,(H2,20,25,26)/p+1. The second-order valence-electron chi connectivity index (χ2n) is 6.29. The normalized spacial score (nSPS) is 17.6. The van der Waals surface area contributed by atoms with E-state index in [1.807, 2.05) is 0 Å². The Bertz CT molecular complexity index is 976. The zero-order valence-electron chi connectivity index (χ0n) is 14.3. The van der Waals surface area contributed by atoms with Gasteiger partial charge in [-0.3, -0.25) is 9.59 Å². The molecule has 27 heavy (non-hydrogen) atoms. The molecule has 1 fully saturated rings. The quantitative estimate of drug-likeness (QED) is 0.669. The number of hydrogen-bond donors (Lipinski definition) is 2. The van der Waals surface area contributed by atoms with Gasteiger partial charge in [0.15, 0.2) is 6.04 Å². The molecule has 1 aliphatic rings. The van der Waals surface area contributed by atoms with Gasteiger partial charge in [-0.25, -0.2) is 22.8 Å². The summed E-state index contributed by atoms with van der Waals surface area (Å²) in [6, 6.07) is 11.2. The summed E-state index contributed by atoms with van der Waals surface area (Å²) >= 11 is 0. The lowest BCUT2D eigenvalue weighted by Crippen LogP contribution is -2.92. The molecule has 2 aromatic carbocycles. The third-order valence-electron chi connectivity index (χ3n) is 4.41. The van der Waals surface area contributed by atoms with Gasteiger partial charge >= 0.3 is 0 Å². The van der Waals surface area contributed by atoms with Crippen LogP contribution in [-0.2, 0) is 26.0 Å². The highest BCUT2D eigenvalue weighted by Crippen LogP contribution is 2.24. The van der Waals surface area contributed by atoms with Crippen LogP contribution in [0.3, 0.4) is 0 Å². The molecule has 0 aromatic heterocycles. The predicted molar refractivity (Wildman–Crippen MR) is 95.6 cm³/mol. The second-order valence-corrected chi connectivity index (χ2v) is 7.85. The molecule has 1 aliphatic heterocycles. The number of imide groups is 1. The molecule has 0 spiro atoms. The van der Waals surface area contributed by atoms with Crippen molar-refractivity contribution < 1.29 is 27.7 Å². The molecule has 0 bridgehead atoms. The highest BCUT2D eigenvalue weighted by atomic mass is 32.2. The maximum absolute atomic E-state index is 13.9. The Morgan fingerprint density at radius 3 is 2.41 bits per heavy atom. The summed E-state index contributed by atoms with van der Waals surface area (Å²) in [5, 5.41) is 6.80. The van der Waals surface area contributed by atoms with Crippen LogP contribution < -0.4 is 15.4 Å². The van der Waals surface area contributed by atoms with Crippen LogP contribution in [0.4, 0.5) is 10.1 Å². The van der Waals surface area contributed by atoms with Crippen molar-refractivity contribution in [3.8, 4) is 0 Å². The van der Waals surface area contributed by atoms with Gasteiger partial charge in [0.2, 0.25) is 15.9 Å². The van der Waals surface area contributed by atoms with Gasteiger partial charge in [0.25, 0.3) is 5.91 Å². The molecule has 1 atom stereocenters. The van der Waals surface area contributed by atoms with E-state index >= 15 is 0 Å². The Morgan fingerprint density at radius 1 is 1.11 bits per heavy atom. The number of halogens is 1. The largest absolute Gasteiger partial charge is 0.335 e. The monoisotopic (exact) mass is 392 g/mol. The zero-order valence-corrected chi connectivity index (χ0v) is 15.2. The first-order chi connectivity index (χ1) is 12.8. The molecule has 1 saturated heterocycles. The first kappa shape index (κ1) is 19.2. The Morgan fingerprint density at radius 2 is 1.78 bits per heavy atom. The van der Waals surface area contributed by atoms with E-state index in [2.05, 4.69) is 0 Å². The summed E-state index contributed by atoms with van der Waals surface area (Å²) in [6.45, 7) is 0.517. The van der Waals surface area contributed by atoms with E-state index in [4.69, 9.17) is 5.14 Å². The lowest BCUT2D eigenvalue weighted by atomic mass is 10.1. The maximum atomic E-state index is 13.9. The van der Waals surface area contributed by atoms with Crippen LogP contribution in [0.1, 0.15) is 12.0 Å². The fourth-order valence-corrected chi connectivity index (χ4v) is 3.54. The van der Waals surface area contributed by atoms with Gasteiger partial charge in [0.1, 0.15) is 5.82 Å². The smallest absolute Gasteiger partial charge is 0.292 e. The topological polar surface area (TPSA) is 114 Å². The molecule has 1 unspecified atom stereocenters. The third kappa shape index (κ3) is 4.21. The van der Waals surface area contributed by atoms with E-state index in [1.165, 1.54) is 30.3 Å². The van der Waals surface area contributed by atoms with Gasteiger partial charge in [-0.2, -0.15) is 0 Å². The Kier molecular flexibility index (Phi) is 5.36. The molecule has 2 aromatic rings. The Labute approximate surface area is 156 Å².